The molecule has 1 aliphatic carbocycles. The van der Waals surface area contributed by atoms with Crippen molar-refractivity contribution in [2.45, 2.75) is 63.5 Å². The van der Waals surface area contributed by atoms with Crippen LogP contribution in [0.25, 0.3) is 0 Å². The van der Waals surface area contributed by atoms with E-state index in [1.807, 2.05) is 0 Å². The molecule has 1 saturated carbocycles. The van der Waals surface area contributed by atoms with Crippen molar-refractivity contribution in [2.24, 2.45) is 0 Å². The average Bonchev–Trinajstić information content (AvgIpc) is 2.66. The first-order chi connectivity index (χ1) is 9.55. The van der Waals surface area contributed by atoms with Crippen LogP contribution in [0.2, 0.25) is 0 Å². The van der Waals surface area contributed by atoms with Crippen LogP contribution in [0.3, 0.4) is 0 Å². The minimum atomic E-state index is -2.82. The van der Waals surface area contributed by atoms with Crippen LogP contribution in [0, 0.1) is 0 Å². The molecule has 0 aromatic heterocycles. The Morgan fingerprint density at radius 2 is 1.50 bits per heavy atom. The van der Waals surface area contributed by atoms with Gasteiger partial charge in [-0.2, -0.15) is 0 Å². The molecule has 1 aliphatic heterocycles. The van der Waals surface area contributed by atoms with Gasteiger partial charge in [-0.3, -0.25) is 4.79 Å². The van der Waals surface area contributed by atoms with E-state index < -0.39 is 9.84 Å². The predicted octanol–water partition coefficient (Wildman–Crippen LogP) is 0.992. The fourth-order valence-corrected chi connectivity index (χ4v) is 4.52. The third kappa shape index (κ3) is 5.40. The molecule has 0 atom stereocenters. The van der Waals surface area contributed by atoms with Gasteiger partial charge >= 0.3 is 0 Å². The first-order valence-corrected chi connectivity index (χ1v) is 9.60. The summed E-state index contributed by atoms with van der Waals surface area (Å²) in [5.74, 6) is 0.537. The summed E-state index contributed by atoms with van der Waals surface area (Å²) in [5.41, 5.74) is 0. The zero-order valence-electron chi connectivity index (χ0n) is 12.1. The van der Waals surface area contributed by atoms with Crippen molar-refractivity contribution in [3.63, 3.8) is 0 Å². The van der Waals surface area contributed by atoms with Gasteiger partial charge in [-0.05, 0) is 25.7 Å². The normalized spacial score (nSPS) is 25.0. The van der Waals surface area contributed by atoms with E-state index in [9.17, 15) is 13.2 Å². The van der Waals surface area contributed by atoms with Gasteiger partial charge in [0.15, 0.2) is 0 Å². The lowest BCUT2D eigenvalue weighted by Gasteiger charge is -2.23. The molecule has 0 aromatic rings. The summed E-state index contributed by atoms with van der Waals surface area (Å²) >= 11 is 0. The highest BCUT2D eigenvalue weighted by Gasteiger charge is 2.23. The third-order valence-electron chi connectivity index (χ3n) is 4.33. The SMILES string of the molecule is O=C(CNC1CCS(=O)(=O)CC1)NC1CCCCCC1. The van der Waals surface area contributed by atoms with Crippen LogP contribution in [0.1, 0.15) is 51.4 Å². The highest BCUT2D eigenvalue weighted by Crippen LogP contribution is 2.17. The van der Waals surface area contributed by atoms with Crippen LogP contribution in [0.15, 0.2) is 0 Å². The van der Waals surface area contributed by atoms with E-state index in [1.54, 1.807) is 0 Å². The fourth-order valence-electron chi connectivity index (χ4n) is 3.03. The van der Waals surface area contributed by atoms with Gasteiger partial charge in [0.1, 0.15) is 9.84 Å². The molecule has 2 rings (SSSR count). The standard InChI is InChI=1S/C14H26N2O3S/c17-14(16-13-5-3-1-2-4-6-13)11-15-12-7-9-20(18,19)10-8-12/h12-13,15H,1-11H2,(H,16,17). The Kier molecular flexibility index (Phi) is 5.84. The number of rotatable bonds is 4. The Bertz CT molecular complexity index is 400. The van der Waals surface area contributed by atoms with E-state index >= 15 is 0 Å². The Morgan fingerprint density at radius 3 is 2.10 bits per heavy atom. The van der Waals surface area contributed by atoms with Crippen molar-refractivity contribution in [3.05, 3.63) is 0 Å². The maximum atomic E-state index is 11.9. The molecule has 1 heterocycles. The molecule has 0 bridgehead atoms. The molecule has 0 radical (unpaired) electrons. The van der Waals surface area contributed by atoms with E-state index in [0.29, 0.717) is 25.4 Å². The molecule has 2 N–H and O–H groups in total. The second-order valence-corrected chi connectivity index (χ2v) is 8.37. The summed E-state index contributed by atoms with van der Waals surface area (Å²) in [4.78, 5) is 11.9. The zero-order valence-corrected chi connectivity index (χ0v) is 12.9. The molecule has 1 saturated heterocycles. The number of amides is 1. The van der Waals surface area contributed by atoms with Gasteiger partial charge in [-0.15, -0.1) is 0 Å². The van der Waals surface area contributed by atoms with Gasteiger partial charge < -0.3 is 10.6 Å². The van der Waals surface area contributed by atoms with Gasteiger partial charge in [-0.1, -0.05) is 25.7 Å². The van der Waals surface area contributed by atoms with E-state index in [2.05, 4.69) is 10.6 Å². The molecule has 0 spiro atoms. The minimum Gasteiger partial charge on any atom is -0.352 e. The van der Waals surface area contributed by atoms with Gasteiger partial charge in [-0.25, -0.2) is 8.42 Å². The lowest BCUT2D eigenvalue weighted by Crippen LogP contribution is -2.45. The highest BCUT2D eigenvalue weighted by atomic mass is 32.2. The maximum absolute atomic E-state index is 11.9. The van der Waals surface area contributed by atoms with E-state index in [4.69, 9.17) is 0 Å². The number of carbonyl (C=O) groups excluding carboxylic acids is 1. The first kappa shape index (κ1) is 15.8. The van der Waals surface area contributed by atoms with Crippen LogP contribution in [-0.4, -0.2) is 44.5 Å². The number of nitrogens with one attached hydrogen (secondary N) is 2. The lowest BCUT2D eigenvalue weighted by atomic mass is 10.1. The molecule has 0 unspecified atom stereocenters. The Hall–Kier alpha value is -0.620. The molecule has 2 aliphatic rings. The molecular weight excluding hydrogens is 276 g/mol. The van der Waals surface area contributed by atoms with Crippen molar-refractivity contribution in [1.82, 2.24) is 10.6 Å². The monoisotopic (exact) mass is 302 g/mol. The fraction of sp³-hybridized carbons (Fsp3) is 0.929. The smallest absolute Gasteiger partial charge is 0.234 e. The summed E-state index contributed by atoms with van der Waals surface area (Å²) in [7, 11) is -2.82. The molecule has 5 nitrogen and oxygen atoms in total. The second-order valence-electron chi connectivity index (χ2n) is 6.06. The van der Waals surface area contributed by atoms with Crippen LogP contribution >= 0.6 is 0 Å². The largest absolute Gasteiger partial charge is 0.352 e. The van der Waals surface area contributed by atoms with Crippen molar-refractivity contribution in [3.8, 4) is 0 Å². The Labute approximate surface area is 121 Å². The average molecular weight is 302 g/mol. The summed E-state index contributed by atoms with van der Waals surface area (Å²) < 4.78 is 22.6. The zero-order chi connectivity index (χ0) is 14.4. The predicted molar refractivity (Wildman–Crippen MR) is 79.3 cm³/mol. The highest BCUT2D eigenvalue weighted by molar-refractivity contribution is 7.91. The summed E-state index contributed by atoms with van der Waals surface area (Å²) in [6, 6.07) is 0.497. The van der Waals surface area contributed by atoms with E-state index in [0.717, 1.165) is 12.8 Å². The number of sulfone groups is 1. The molecule has 116 valence electrons. The molecular formula is C14H26N2O3S. The quantitative estimate of drug-likeness (QED) is 0.760. The number of carbonyl (C=O) groups is 1. The topological polar surface area (TPSA) is 75.3 Å². The first-order valence-electron chi connectivity index (χ1n) is 7.78. The second kappa shape index (κ2) is 7.41. The minimum absolute atomic E-state index is 0.0466. The number of hydrogen-bond donors (Lipinski definition) is 2. The van der Waals surface area contributed by atoms with Crippen molar-refractivity contribution in [1.29, 1.82) is 0 Å². The Balaban J connectivity index is 1.65. The summed E-state index contributed by atoms with van der Waals surface area (Å²) in [6.45, 7) is 0.307. The molecule has 20 heavy (non-hydrogen) atoms. The van der Waals surface area contributed by atoms with Crippen molar-refractivity contribution in [2.75, 3.05) is 18.1 Å². The van der Waals surface area contributed by atoms with Crippen molar-refractivity contribution >= 4 is 15.7 Å². The third-order valence-corrected chi connectivity index (χ3v) is 6.04. The van der Waals surface area contributed by atoms with Gasteiger partial charge in [0.2, 0.25) is 5.91 Å². The molecule has 0 aromatic carbocycles. The lowest BCUT2D eigenvalue weighted by molar-refractivity contribution is -0.121. The van der Waals surface area contributed by atoms with Crippen LogP contribution in [0.4, 0.5) is 0 Å². The summed E-state index contributed by atoms with van der Waals surface area (Å²) in [5, 5.41) is 6.28. The van der Waals surface area contributed by atoms with Crippen LogP contribution in [-0.2, 0) is 14.6 Å². The molecule has 6 heteroatoms. The van der Waals surface area contributed by atoms with Crippen LogP contribution < -0.4 is 10.6 Å². The van der Waals surface area contributed by atoms with Gasteiger partial charge in [0.25, 0.3) is 0 Å². The van der Waals surface area contributed by atoms with E-state index in [-0.39, 0.29) is 23.5 Å². The van der Waals surface area contributed by atoms with E-state index in [1.165, 1.54) is 25.7 Å². The molecule has 1 amide bonds. The maximum Gasteiger partial charge on any atom is 0.234 e. The van der Waals surface area contributed by atoms with Crippen LogP contribution in [0.5, 0.6) is 0 Å². The van der Waals surface area contributed by atoms with Gasteiger partial charge in [0, 0.05) is 12.1 Å². The summed E-state index contributed by atoms with van der Waals surface area (Å²) in [6.07, 6.45) is 8.40. The Morgan fingerprint density at radius 1 is 0.900 bits per heavy atom. The number of hydrogen-bond acceptors (Lipinski definition) is 4. The molecule has 2 fully saturated rings. The van der Waals surface area contributed by atoms with Crippen molar-refractivity contribution < 1.29 is 13.2 Å². The van der Waals surface area contributed by atoms with Gasteiger partial charge in [0.05, 0.1) is 18.1 Å².